The molecule has 1 fully saturated rings. The van der Waals surface area contributed by atoms with Crippen molar-refractivity contribution in [3.05, 3.63) is 81.5 Å². The molecule has 0 spiro atoms. The van der Waals surface area contributed by atoms with E-state index < -0.39 is 0 Å². The summed E-state index contributed by atoms with van der Waals surface area (Å²) in [5.74, 6) is -0.597. The summed E-state index contributed by atoms with van der Waals surface area (Å²) in [4.78, 5) is 53.1. The van der Waals surface area contributed by atoms with Crippen LogP contribution >= 0.6 is 0 Å². The van der Waals surface area contributed by atoms with Gasteiger partial charge in [0.25, 0.3) is 17.4 Å². The maximum absolute atomic E-state index is 14.2. The normalized spacial score (nSPS) is 16.3. The monoisotopic (exact) mass is 528 g/mol. The van der Waals surface area contributed by atoms with Crippen LogP contribution in [0.1, 0.15) is 46.0 Å². The quantitative estimate of drug-likeness (QED) is 0.300. The molecule has 0 unspecified atom stereocenters. The highest BCUT2D eigenvalue weighted by molar-refractivity contribution is 6.22. The van der Waals surface area contributed by atoms with Gasteiger partial charge in [-0.15, -0.1) is 0 Å². The number of imide groups is 1. The lowest BCUT2D eigenvalue weighted by atomic mass is 10.1. The van der Waals surface area contributed by atoms with Crippen molar-refractivity contribution in [1.82, 2.24) is 24.8 Å². The number of halogens is 1. The third kappa shape index (κ3) is 4.72. The Bertz CT molecular complexity index is 1580. The standard InChI is InChI=1S/C29H29FN6O3/c1-17(14-18-6-2-3-7-21(18)30)32-22-8-9-31-27(37)25(22)26-33-23-15-19-20(16-24(23)34-26)29(39)36(28(19)38)13-12-35-10-4-5-11-35/h2-3,6-9,15-17H,4-5,10-14H2,1H3,(H,33,34)(H2,31,32,37)/t17-/m0/s1. The molecule has 200 valence electrons. The molecule has 2 aromatic heterocycles. The van der Waals surface area contributed by atoms with Gasteiger partial charge in [0.15, 0.2) is 0 Å². The number of hydrogen-bond acceptors (Lipinski definition) is 6. The molecule has 2 aromatic carbocycles. The number of nitrogens with zero attached hydrogens (tertiary/aromatic N) is 3. The molecule has 10 heteroatoms. The molecule has 0 radical (unpaired) electrons. The van der Waals surface area contributed by atoms with E-state index in [1.165, 1.54) is 17.2 Å². The number of fused-ring (bicyclic) bond motifs is 2. The van der Waals surface area contributed by atoms with Gasteiger partial charge in [-0.05, 0) is 69.1 Å². The molecule has 6 rings (SSSR count). The van der Waals surface area contributed by atoms with Crippen LogP contribution in [0.4, 0.5) is 10.1 Å². The molecule has 0 aliphatic carbocycles. The van der Waals surface area contributed by atoms with Gasteiger partial charge >= 0.3 is 0 Å². The highest BCUT2D eigenvalue weighted by Crippen LogP contribution is 2.30. The molecule has 1 atom stereocenters. The van der Waals surface area contributed by atoms with Crippen LogP contribution in [-0.2, 0) is 6.42 Å². The molecule has 0 bridgehead atoms. The van der Waals surface area contributed by atoms with Gasteiger partial charge in [-0.3, -0.25) is 19.3 Å². The van der Waals surface area contributed by atoms with E-state index in [1.54, 1.807) is 36.4 Å². The van der Waals surface area contributed by atoms with Crippen LogP contribution in [0.15, 0.2) is 53.5 Å². The molecule has 9 nitrogen and oxygen atoms in total. The number of anilines is 1. The van der Waals surface area contributed by atoms with Crippen LogP contribution in [-0.4, -0.2) is 68.8 Å². The van der Waals surface area contributed by atoms with Gasteiger partial charge in [-0.25, -0.2) is 9.37 Å². The smallest absolute Gasteiger partial charge is 0.261 e. The van der Waals surface area contributed by atoms with Crippen molar-refractivity contribution in [3.8, 4) is 11.4 Å². The minimum absolute atomic E-state index is 0.183. The number of benzene rings is 2. The minimum Gasteiger partial charge on any atom is -0.381 e. The molecule has 2 amide bonds. The first-order chi connectivity index (χ1) is 18.9. The van der Waals surface area contributed by atoms with E-state index in [1.807, 2.05) is 6.92 Å². The van der Waals surface area contributed by atoms with E-state index in [4.69, 9.17) is 0 Å². The number of carbonyl (C=O) groups excluding carboxylic acids is 2. The number of H-pyrrole nitrogens is 2. The summed E-state index contributed by atoms with van der Waals surface area (Å²) in [6, 6.07) is 11.4. The second kappa shape index (κ2) is 10.1. The molecular formula is C29H29FN6O3. The van der Waals surface area contributed by atoms with Crippen molar-refractivity contribution in [2.75, 3.05) is 31.5 Å². The maximum atomic E-state index is 14.2. The topological polar surface area (TPSA) is 114 Å². The number of pyridine rings is 1. The Labute approximate surface area is 224 Å². The van der Waals surface area contributed by atoms with Crippen LogP contribution in [0.25, 0.3) is 22.4 Å². The Morgan fingerprint density at radius 3 is 2.54 bits per heavy atom. The summed E-state index contributed by atoms with van der Waals surface area (Å²) in [6.45, 7) is 4.94. The molecule has 3 N–H and O–H groups in total. The highest BCUT2D eigenvalue weighted by atomic mass is 19.1. The number of rotatable bonds is 8. The first-order valence-corrected chi connectivity index (χ1v) is 13.2. The first kappa shape index (κ1) is 25.0. The summed E-state index contributed by atoms with van der Waals surface area (Å²) in [5.41, 5.74) is 2.75. The van der Waals surface area contributed by atoms with Crippen LogP contribution in [0.5, 0.6) is 0 Å². The maximum Gasteiger partial charge on any atom is 0.261 e. The number of nitrogens with one attached hydrogen (secondary N) is 3. The Morgan fingerprint density at radius 1 is 1.03 bits per heavy atom. The summed E-state index contributed by atoms with van der Waals surface area (Å²) in [5, 5.41) is 3.31. The predicted molar refractivity (Wildman–Crippen MR) is 146 cm³/mol. The van der Waals surface area contributed by atoms with Crippen molar-refractivity contribution in [3.63, 3.8) is 0 Å². The van der Waals surface area contributed by atoms with Gasteiger partial charge in [-0.1, -0.05) is 18.2 Å². The van der Waals surface area contributed by atoms with E-state index in [-0.39, 0.29) is 29.2 Å². The fraction of sp³-hybridized carbons (Fsp3) is 0.310. The number of imidazole rings is 1. The number of likely N-dealkylation sites (tertiary alicyclic amines) is 1. The first-order valence-electron chi connectivity index (χ1n) is 13.2. The number of hydrogen-bond donors (Lipinski definition) is 3. The number of amides is 2. The lowest BCUT2D eigenvalue weighted by Crippen LogP contribution is -2.37. The number of aromatic nitrogens is 3. The molecule has 0 saturated carbocycles. The zero-order valence-corrected chi connectivity index (χ0v) is 21.6. The van der Waals surface area contributed by atoms with Crippen LogP contribution in [0.2, 0.25) is 0 Å². The minimum atomic E-state index is -0.357. The van der Waals surface area contributed by atoms with Gasteiger partial charge in [0, 0.05) is 25.3 Å². The summed E-state index contributed by atoms with van der Waals surface area (Å²) >= 11 is 0. The van der Waals surface area contributed by atoms with E-state index >= 15 is 0 Å². The van der Waals surface area contributed by atoms with Crippen molar-refractivity contribution in [2.45, 2.75) is 32.2 Å². The molecule has 39 heavy (non-hydrogen) atoms. The van der Waals surface area contributed by atoms with Crippen LogP contribution in [0, 0.1) is 5.82 Å². The van der Waals surface area contributed by atoms with Crippen molar-refractivity contribution < 1.29 is 14.0 Å². The number of carbonyl (C=O) groups is 2. The second-order valence-electron chi connectivity index (χ2n) is 10.2. The largest absolute Gasteiger partial charge is 0.381 e. The average Bonchev–Trinajstić information content (AvgIpc) is 3.63. The zero-order valence-electron chi connectivity index (χ0n) is 21.6. The van der Waals surface area contributed by atoms with E-state index in [0.717, 1.165) is 25.9 Å². The van der Waals surface area contributed by atoms with Gasteiger partial charge in [-0.2, -0.15) is 0 Å². The van der Waals surface area contributed by atoms with Crippen molar-refractivity contribution >= 4 is 28.5 Å². The van der Waals surface area contributed by atoms with E-state index in [0.29, 0.717) is 64.3 Å². The van der Waals surface area contributed by atoms with E-state index in [9.17, 15) is 18.8 Å². The van der Waals surface area contributed by atoms with Gasteiger partial charge in [0.2, 0.25) is 0 Å². The van der Waals surface area contributed by atoms with E-state index in [2.05, 4.69) is 25.2 Å². The molecule has 1 saturated heterocycles. The third-order valence-electron chi connectivity index (χ3n) is 7.49. The fourth-order valence-electron chi connectivity index (χ4n) is 5.51. The predicted octanol–water partition coefficient (Wildman–Crippen LogP) is 3.79. The fourth-order valence-corrected chi connectivity index (χ4v) is 5.51. The van der Waals surface area contributed by atoms with Gasteiger partial charge < -0.3 is 20.2 Å². The molecule has 2 aliphatic heterocycles. The molecule has 4 aromatic rings. The SMILES string of the molecule is C[C@@H](Cc1ccccc1F)Nc1cc[nH]c(=O)c1-c1nc2cc3c(cc2[nH]1)C(=O)N(CCN1CCCC1)C3=O. The lowest BCUT2D eigenvalue weighted by Gasteiger charge is -2.19. The molecule has 4 heterocycles. The Kier molecular flexibility index (Phi) is 6.48. The second-order valence-corrected chi connectivity index (χ2v) is 10.2. The Hall–Kier alpha value is -4.31. The number of aromatic amines is 2. The van der Waals surface area contributed by atoms with Crippen LogP contribution < -0.4 is 10.9 Å². The van der Waals surface area contributed by atoms with Crippen LogP contribution in [0.3, 0.4) is 0 Å². The average molecular weight is 529 g/mol. The highest BCUT2D eigenvalue weighted by Gasteiger charge is 2.36. The molecule has 2 aliphatic rings. The third-order valence-corrected chi connectivity index (χ3v) is 7.49. The van der Waals surface area contributed by atoms with Gasteiger partial charge in [0.1, 0.15) is 17.2 Å². The lowest BCUT2D eigenvalue weighted by molar-refractivity contribution is 0.0640. The molecular weight excluding hydrogens is 499 g/mol. The summed E-state index contributed by atoms with van der Waals surface area (Å²) < 4.78 is 14.2. The Morgan fingerprint density at radius 2 is 1.77 bits per heavy atom. The van der Waals surface area contributed by atoms with Crippen molar-refractivity contribution in [2.24, 2.45) is 0 Å². The summed E-state index contributed by atoms with van der Waals surface area (Å²) in [7, 11) is 0. The summed E-state index contributed by atoms with van der Waals surface area (Å²) in [6.07, 6.45) is 4.25. The van der Waals surface area contributed by atoms with Crippen molar-refractivity contribution in [1.29, 1.82) is 0 Å². The zero-order chi connectivity index (χ0) is 27.1. The Balaban J connectivity index is 1.27. The van der Waals surface area contributed by atoms with Gasteiger partial charge in [0.05, 0.1) is 27.8 Å².